The van der Waals surface area contributed by atoms with Crippen LogP contribution in [0, 0.1) is 0 Å². The number of piperidine rings is 1. The van der Waals surface area contributed by atoms with Crippen LogP contribution in [0.3, 0.4) is 0 Å². The predicted molar refractivity (Wildman–Crippen MR) is 103 cm³/mol. The van der Waals surface area contributed by atoms with Crippen molar-refractivity contribution in [1.29, 1.82) is 0 Å². The number of hydrogen-bond donors (Lipinski definition) is 3. The molecule has 0 saturated carbocycles. The van der Waals surface area contributed by atoms with E-state index in [-0.39, 0.29) is 31.6 Å². The minimum Gasteiger partial charge on any atom is -0.480 e. The van der Waals surface area contributed by atoms with Crippen LogP contribution in [0.5, 0.6) is 5.75 Å². The van der Waals surface area contributed by atoms with Gasteiger partial charge < -0.3 is 30.1 Å². The van der Waals surface area contributed by atoms with Crippen molar-refractivity contribution >= 4 is 23.8 Å². The molecule has 0 aliphatic carbocycles. The van der Waals surface area contributed by atoms with Gasteiger partial charge in [0.05, 0.1) is 0 Å². The zero-order valence-electron chi connectivity index (χ0n) is 17.2. The van der Waals surface area contributed by atoms with Gasteiger partial charge in [0.15, 0.2) is 0 Å². The lowest BCUT2D eigenvalue weighted by atomic mass is 9.87. The zero-order valence-corrected chi connectivity index (χ0v) is 17.2. The molecule has 31 heavy (non-hydrogen) atoms. The van der Waals surface area contributed by atoms with Gasteiger partial charge in [-0.05, 0) is 57.9 Å². The van der Waals surface area contributed by atoms with Gasteiger partial charge in [0.1, 0.15) is 16.9 Å². The number of carboxylic acid groups (broad SMARTS) is 1. The maximum Gasteiger partial charge on any atom is 0.573 e. The van der Waals surface area contributed by atoms with E-state index in [0.29, 0.717) is 0 Å². The van der Waals surface area contributed by atoms with Crippen molar-refractivity contribution < 1.29 is 42.1 Å². The summed E-state index contributed by atoms with van der Waals surface area (Å²) in [6, 6.07) is 4.04. The molecule has 9 nitrogen and oxygen atoms in total. The van der Waals surface area contributed by atoms with Crippen molar-refractivity contribution in [2.45, 2.75) is 51.1 Å². The second-order valence-corrected chi connectivity index (χ2v) is 8.00. The molecule has 1 aromatic carbocycles. The van der Waals surface area contributed by atoms with E-state index in [1.165, 1.54) is 17.0 Å². The van der Waals surface area contributed by atoms with Crippen molar-refractivity contribution in [3.8, 4) is 5.75 Å². The van der Waals surface area contributed by atoms with Gasteiger partial charge in [-0.1, -0.05) is 0 Å². The van der Waals surface area contributed by atoms with Crippen molar-refractivity contribution in [2.24, 2.45) is 0 Å². The van der Waals surface area contributed by atoms with Gasteiger partial charge in [0, 0.05) is 18.8 Å². The number of amides is 3. The average Bonchev–Trinajstić information content (AvgIpc) is 2.61. The highest BCUT2D eigenvalue weighted by molar-refractivity contribution is 5.90. The molecule has 1 heterocycles. The van der Waals surface area contributed by atoms with Gasteiger partial charge in [-0.15, -0.1) is 13.2 Å². The van der Waals surface area contributed by atoms with E-state index in [0.717, 1.165) is 12.1 Å². The molecule has 1 saturated heterocycles. The normalized spacial score (nSPS) is 16.3. The van der Waals surface area contributed by atoms with Crippen LogP contribution in [0.2, 0.25) is 0 Å². The quantitative estimate of drug-likeness (QED) is 0.650. The standard InChI is InChI=1S/C19H24F3N3O6/c1-17(2,3)31-16(29)24-18(14(26)27)8-10-25(11-9-18)15(28)23-12-4-6-13(7-5-12)30-19(20,21)22/h4-7H,8-11H2,1-3H3,(H,23,28)(H,24,29)(H,26,27). The molecular formula is C19H24F3N3O6. The molecule has 172 valence electrons. The van der Waals surface area contributed by atoms with E-state index in [1.807, 2.05) is 0 Å². The van der Waals surface area contributed by atoms with E-state index in [1.54, 1.807) is 20.8 Å². The fourth-order valence-corrected chi connectivity index (χ4v) is 2.93. The molecule has 0 unspecified atom stereocenters. The fourth-order valence-electron chi connectivity index (χ4n) is 2.93. The number of anilines is 1. The van der Waals surface area contributed by atoms with Crippen LogP contribution in [-0.2, 0) is 9.53 Å². The molecule has 1 aliphatic heterocycles. The summed E-state index contributed by atoms with van der Waals surface area (Å²) in [5, 5.41) is 14.5. The fraction of sp³-hybridized carbons (Fsp3) is 0.526. The molecular weight excluding hydrogens is 423 g/mol. The third-order valence-electron chi connectivity index (χ3n) is 4.39. The van der Waals surface area contributed by atoms with Gasteiger partial charge in [-0.25, -0.2) is 14.4 Å². The van der Waals surface area contributed by atoms with Crippen LogP contribution in [0.1, 0.15) is 33.6 Å². The Kier molecular flexibility index (Phi) is 6.92. The second-order valence-electron chi connectivity index (χ2n) is 8.00. The molecule has 2 rings (SSSR count). The average molecular weight is 447 g/mol. The number of alkyl halides is 3. The summed E-state index contributed by atoms with van der Waals surface area (Å²) in [5.41, 5.74) is -2.14. The third kappa shape index (κ3) is 7.23. The maximum absolute atomic E-state index is 12.4. The second kappa shape index (κ2) is 8.90. The molecule has 0 bridgehead atoms. The number of ether oxygens (including phenoxy) is 2. The van der Waals surface area contributed by atoms with Crippen LogP contribution in [0.4, 0.5) is 28.4 Å². The summed E-state index contributed by atoms with van der Waals surface area (Å²) in [5.74, 6) is -1.67. The van der Waals surface area contributed by atoms with E-state index >= 15 is 0 Å². The van der Waals surface area contributed by atoms with Crippen molar-refractivity contribution in [2.75, 3.05) is 18.4 Å². The molecule has 0 radical (unpaired) electrons. The maximum atomic E-state index is 12.4. The molecule has 3 amide bonds. The Bertz CT molecular complexity index is 813. The van der Waals surface area contributed by atoms with Crippen LogP contribution in [0.25, 0.3) is 0 Å². The Morgan fingerprint density at radius 3 is 2.06 bits per heavy atom. The van der Waals surface area contributed by atoms with Crippen LogP contribution >= 0.6 is 0 Å². The molecule has 3 N–H and O–H groups in total. The first-order valence-electron chi connectivity index (χ1n) is 9.35. The first-order chi connectivity index (χ1) is 14.2. The Morgan fingerprint density at radius 2 is 1.61 bits per heavy atom. The largest absolute Gasteiger partial charge is 0.573 e. The zero-order chi connectivity index (χ0) is 23.4. The van der Waals surface area contributed by atoms with E-state index < -0.39 is 41.3 Å². The summed E-state index contributed by atoms with van der Waals surface area (Å²) < 4.78 is 45.5. The topological polar surface area (TPSA) is 117 Å². The molecule has 1 fully saturated rings. The van der Waals surface area contributed by atoms with Gasteiger partial charge >= 0.3 is 24.5 Å². The third-order valence-corrected chi connectivity index (χ3v) is 4.39. The predicted octanol–water partition coefficient (Wildman–Crippen LogP) is 3.56. The van der Waals surface area contributed by atoms with Gasteiger partial charge in [-0.3, -0.25) is 0 Å². The molecule has 0 aromatic heterocycles. The molecule has 1 aromatic rings. The number of nitrogens with zero attached hydrogens (tertiary/aromatic N) is 1. The smallest absolute Gasteiger partial charge is 0.480 e. The lowest BCUT2D eigenvalue weighted by molar-refractivity contribution is -0.274. The molecule has 1 aliphatic rings. The van der Waals surface area contributed by atoms with Crippen LogP contribution < -0.4 is 15.4 Å². The number of carbonyl (C=O) groups excluding carboxylic acids is 2. The number of carboxylic acids is 1. The Balaban J connectivity index is 1.95. The van der Waals surface area contributed by atoms with Crippen molar-refractivity contribution in [1.82, 2.24) is 10.2 Å². The van der Waals surface area contributed by atoms with Crippen LogP contribution in [0.15, 0.2) is 24.3 Å². The number of carbonyl (C=O) groups is 3. The lowest BCUT2D eigenvalue weighted by Crippen LogP contribution is -2.61. The minimum absolute atomic E-state index is 0.0310. The summed E-state index contributed by atoms with van der Waals surface area (Å²) >= 11 is 0. The highest BCUT2D eigenvalue weighted by atomic mass is 19.4. The summed E-state index contributed by atoms with van der Waals surface area (Å²) in [6.07, 6.45) is -5.78. The van der Waals surface area contributed by atoms with Gasteiger partial charge in [0.25, 0.3) is 0 Å². The monoisotopic (exact) mass is 447 g/mol. The molecule has 0 atom stereocenters. The number of nitrogens with one attached hydrogen (secondary N) is 2. The number of rotatable bonds is 4. The number of alkyl carbamates (subject to hydrolysis) is 1. The molecule has 0 spiro atoms. The molecule has 12 heteroatoms. The highest BCUT2D eigenvalue weighted by Crippen LogP contribution is 2.26. The number of urea groups is 1. The number of hydrogen-bond acceptors (Lipinski definition) is 5. The van der Waals surface area contributed by atoms with Crippen LogP contribution in [-0.4, -0.2) is 58.7 Å². The first kappa shape index (κ1) is 24.1. The van der Waals surface area contributed by atoms with E-state index in [2.05, 4.69) is 15.4 Å². The van der Waals surface area contributed by atoms with Gasteiger partial charge in [-0.2, -0.15) is 0 Å². The Morgan fingerprint density at radius 1 is 1.06 bits per heavy atom. The lowest BCUT2D eigenvalue weighted by Gasteiger charge is -2.39. The summed E-state index contributed by atoms with van der Waals surface area (Å²) in [4.78, 5) is 37.6. The van der Waals surface area contributed by atoms with Crippen molar-refractivity contribution in [3.63, 3.8) is 0 Å². The van der Waals surface area contributed by atoms with Crippen molar-refractivity contribution in [3.05, 3.63) is 24.3 Å². The van der Waals surface area contributed by atoms with E-state index in [9.17, 15) is 32.7 Å². The SMILES string of the molecule is CC(C)(C)OC(=O)NC1(C(=O)O)CCN(C(=O)Nc2ccc(OC(F)(F)F)cc2)CC1. The highest BCUT2D eigenvalue weighted by Gasteiger charge is 2.44. The van der Waals surface area contributed by atoms with Gasteiger partial charge in [0.2, 0.25) is 0 Å². The Labute approximate surface area is 176 Å². The summed E-state index contributed by atoms with van der Waals surface area (Å²) in [7, 11) is 0. The number of aliphatic carboxylic acids is 1. The summed E-state index contributed by atoms with van der Waals surface area (Å²) in [6.45, 7) is 5.00. The number of likely N-dealkylation sites (tertiary alicyclic amines) is 1. The minimum atomic E-state index is -4.82. The van der Waals surface area contributed by atoms with E-state index in [4.69, 9.17) is 4.74 Å². The number of halogens is 3. The first-order valence-corrected chi connectivity index (χ1v) is 9.35. The number of benzene rings is 1. The Hall–Kier alpha value is -3.18.